The molecule has 0 N–H and O–H groups in total. The normalized spacial score (nSPS) is 11.1. The van der Waals surface area contributed by atoms with Crippen molar-refractivity contribution in [2.75, 3.05) is 13.2 Å². The van der Waals surface area contributed by atoms with Gasteiger partial charge in [-0.05, 0) is 25.2 Å². The third kappa shape index (κ3) is 3.01. The van der Waals surface area contributed by atoms with Gasteiger partial charge in [0.25, 0.3) is 0 Å². The van der Waals surface area contributed by atoms with E-state index in [1.807, 2.05) is 13.8 Å². The second-order valence-electron chi connectivity index (χ2n) is 2.00. The van der Waals surface area contributed by atoms with Gasteiger partial charge in [-0.15, -0.1) is 13.2 Å². The average molecular weight is 172 g/mol. The number of rotatable bonds is 6. The second-order valence-corrected chi connectivity index (χ2v) is 4.83. The zero-order valence-corrected chi connectivity index (χ0v) is 8.30. The molecule has 64 valence electrons. The Labute approximate surface area is 69.8 Å². The van der Waals surface area contributed by atoms with Crippen molar-refractivity contribution in [3.63, 3.8) is 0 Å². The van der Waals surface area contributed by atoms with Gasteiger partial charge in [0.2, 0.25) is 0 Å². The summed E-state index contributed by atoms with van der Waals surface area (Å²) >= 11 is 0. The van der Waals surface area contributed by atoms with Gasteiger partial charge in [0.15, 0.2) is 0 Å². The molecule has 11 heavy (non-hydrogen) atoms. The van der Waals surface area contributed by atoms with Crippen LogP contribution in [0.1, 0.15) is 13.8 Å². The fourth-order valence-electron chi connectivity index (χ4n) is 0.812. The second kappa shape index (κ2) is 5.29. The van der Waals surface area contributed by atoms with Crippen LogP contribution in [-0.4, -0.2) is 21.8 Å². The first-order chi connectivity index (χ1) is 5.24. The van der Waals surface area contributed by atoms with Crippen LogP contribution in [-0.2, 0) is 8.85 Å². The maximum atomic E-state index is 5.45. The Kier molecular flexibility index (Phi) is 5.11. The minimum absolute atomic E-state index is 0.643. The summed E-state index contributed by atoms with van der Waals surface area (Å²) in [6.45, 7) is 12.5. The van der Waals surface area contributed by atoms with E-state index >= 15 is 0 Å². The molecule has 0 rings (SSSR count). The van der Waals surface area contributed by atoms with Crippen molar-refractivity contribution in [1.82, 2.24) is 0 Å². The van der Waals surface area contributed by atoms with Crippen LogP contribution in [0, 0.1) is 0 Å². The highest BCUT2D eigenvalue weighted by Crippen LogP contribution is 2.09. The van der Waals surface area contributed by atoms with Gasteiger partial charge >= 0.3 is 8.56 Å². The molecule has 0 spiro atoms. The van der Waals surface area contributed by atoms with Crippen molar-refractivity contribution >= 4 is 8.56 Å². The molecule has 0 aromatic carbocycles. The zero-order valence-electron chi connectivity index (χ0n) is 7.30. The van der Waals surface area contributed by atoms with Crippen molar-refractivity contribution in [3.05, 3.63) is 24.6 Å². The monoisotopic (exact) mass is 172 g/mol. The quantitative estimate of drug-likeness (QED) is 0.570. The Bertz CT molecular complexity index is 118. The lowest BCUT2D eigenvalue weighted by Gasteiger charge is -2.22. The largest absolute Gasteiger partial charge is 0.390 e. The summed E-state index contributed by atoms with van der Waals surface area (Å²) < 4.78 is 10.9. The van der Waals surface area contributed by atoms with Crippen LogP contribution in [0.25, 0.3) is 0 Å². The molecular weight excluding hydrogens is 156 g/mol. The minimum atomic E-state index is -2.22. The van der Waals surface area contributed by atoms with Gasteiger partial charge in [-0.3, -0.25) is 0 Å². The molecule has 0 heterocycles. The molecule has 0 atom stereocenters. The Morgan fingerprint density at radius 1 is 1.09 bits per heavy atom. The molecular formula is C8H16O2Si. The van der Waals surface area contributed by atoms with Crippen molar-refractivity contribution in [1.29, 1.82) is 0 Å². The highest BCUT2D eigenvalue weighted by Gasteiger charge is 2.28. The van der Waals surface area contributed by atoms with Gasteiger partial charge in [-0.1, -0.05) is 0 Å². The standard InChI is InChI=1S/C8H16O2Si/c1-5-9-11(7-3,8-4)10-6-2/h7-8H,3-6H2,1-2H3. The van der Waals surface area contributed by atoms with Gasteiger partial charge in [-0.25, -0.2) is 0 Å². The summed E-state index contributed by atoms with van der Waals surface area (Å²) in [4.78, 5) is 0. The SMILES string of the molecule is C=C[Si](C=C)(OCC)OCC. The summed E-state index contributed by atoms with van der Waals surface area (Å²) in [7, 11) is -2.22. The molecule has 2 nitrogen and oxygen atoms in total. The Morgan fingerprint density at radius 3 is 1.64 bits per heavy atom. The van der Waals surface area contributed by atoms with Gasteiger partial charge in [0.1, 0.15) is 0 Å². The van der Waals surface area contributed by atoms with Gasteiger partial charge in [-0.2, -0.15) is 0 Å². The average Bonchev–Trinajstić information content (AvgIpc) is 2.04. The van der Waals surface area contributed by atoms with Crippen molar-refractivity contribution in [2.24, 2.45) is 0 Å². The summed E-state index contributed by atoms with van der Waals surface area (Å²) in [5.74, 6) is 0. The molecule has 0 bridgehead atoms. The van der Waals surface area contributed by atoms with E-state index in [0.717, 1.165) is 0 Å². The van der Waals surface area contributed by atoms with E-state index in [1.165, 1.54) is 0 Å². The lowest BCUT2D eigenvalue weighted by Crippen LogP contribution is -2.38. The van der Waals surface area contributed by atoms with Crippen LogP contribution in [0.3, 0.4) is 0 Å². The lowest BCUT2D eigenvalue weighted by molar-refractivity contribution is 0.206. The molecule has 0 aromatic rings. The van der Waals surface area contributed by atoms with E-state index in [-0.39, 0.29) is 0 Å². The molecule has 0 aliphatic carbocycles. The van der Waals surface area contributed by atoms with Crippen molar-refractivity contribution < 1.29 is 8.85 Å². The third-order valence-corrected chi connectivity index (χ3v) is 3.93. The molecule has 0 radical (unpaired) electrons. The molecule has 3 heteroatoms. The van der Waals surface area contributed by atoms with Crippen LogP contribution in [0.15, 0.2) is 24.6 Å². The Balaban J connectivity index is 4.18. The zero-order chi connectivity index (χ0) is 8.74. The Morgan fingerprint density at radius 2 is 1.45 bits per heavy atom. The van der Waals surface area contributed by atoms with Crippen molar-refractivity contribution in [3.8, 4) is 0 Å². The summed E-state index contributed by atoms with van der Waals surface area (Å²) in [5, 5.41) is 0. The fourth-order valence-corrected chi connectivity index (χ4v) is 2.44. The van der Waals surface area contributed by atoms with Crippen LogP contribution in [0.2, 0.25) is 0 Å². The topological polar surface area (TPSA) is 18.5 Å². The highest BCUT2D eigenvalue weighted by molar-refractivity contribution is 6.77. The van der Waals surface area contributed by atoms with Crippen molar-refractivity contribution in [2.45, 2.75) is 13.8 Å². The van der Waals surface area contributed by atoms with Crippen LogP contribution >= 0.6 is 0 Å². The van der Waals surface area contributed by atoms with E-state index in [2.05, 4.69) is 13.2 Å². The highest BCUT2D eigenvalue weighted by atomic mass is 28.4. The fraction of sp³-hybridized carbons (Fsp3) is 0.500. The molecule has 0 fully saturated rings. The van der Waals surface area contributed by atoms with E-state index in [1.54, 1.807) is 11.4 Å². The molecule has 0 amide bonds. The van der Waals surface area contributed by atoms with Gasteiger partial charge < -0.3 is 8.85 Å². The maximum absolute atomic E-state index is 5.45. The third-order valence-electron chi connectivity index (χ3n) is 1.31. The smallest absolute Gasteiger partial charge is 0.389 e. The molecule has 0 aromatic heterocycles. The summed E-state index contributed by atoms with van der Waals surface area (Å²) in [6, 6.07) is 0. The van der Waals surface area contributed by atoms with Crippen LogP contribution < -0.4 is 0 Å². The molecule has 0 saturated carbocycles. The first-order valence-electron chi connectivity index (χ1n) is 3.79. The molecule has 0 aliphatic heterocycles. The van der Waals surface area contributed by atoms with E-state index in [9.17, 15) is 0 Å². The number of hydrogen-bond acceptors (Lipinski definition) is 2. The van der Waals surface area contributed by atoms with Gasteiger partial charge in [0.05, 0.1) is 0 Å². The van der Waals surface area contributed by atoms with Gasteiger partial charge in [0, 0.05) is 13.2 Å². The number of hydrogen-bond donors (Lipinski definition) is 0. The predicted octanol–water partition coefficient (Wildman–Crippen LogP) is 1.95. The van der Waals surface area contributed by atoms with E-state index in [0.29, 0.717) is 13.2 Å². The van der Waals surface area contributed by atoms with Crippen LogP contribution in [0.5, 0.6) is 0 Å². The first kappa shape index (κ1) is 10.6. The summed E-state index contributed by atoms with van der Waals surface area (Å²) in [5.41, 5.74) is 3.49. The first-order valence-corrected chi connectivity index (χ1v) is 5.76. The lowest BCUT2D eigenvalue weighted by atomic mass is 10.9. The van der Waals surface area contributed by atoms with E-state index in [4.69, 9.17) is 8.85 Å². The molecule has 0 unspecified atom stereocenters. The molecule has 0 aliphatic rings. The van der Waals surface area contributed by atoms with Crippen LogP contribution in [0.4, 0.5) is 0 Å². The molecule has 0 saturated heterocycles. The van der Waals surface area contributed by atoms with E-state index < -0.39 is 8.56 Å². The predicted molar refractivity (Wildman–Crippen MR) is 49.4 cm³/mol. The maximum Gasteiger partial charge on any atom is 0.390 e. The minimum Gasteiger partial charge on any atom is -0.389 e. The Hall–Kier alpha value is -0.383. The summed E-state index contributed by atoms with van der Waals surface area (Å²) in [6.07, 6.45) is 0.